The lowest BCUT2D eigenvalue weighted by Crippen LogP contribution is -2.34. The normalized spacial score (nSPS) is 14.3. The summed E-state index contributed by atoms with van der Waals surface area (Å²) in [5, 5.41) is 10.7. The molecule has 1 aliphatic rings. The zero-order chi connectivity index (χ0) is 18.8. The van der Waals surface area contributed by atoms with Crippen LogP contribution in [0, 0.1) is 5.92 Å². The third-order valence-corrected chi connectivity index (χ3v) is 4.39. The van der Waals surface area contributed by atoms with Crippen molar-refractivity contribution in [2.24, 2.45) is 5.92 Å². The molecule has 142 valence electrons. The van der Waals surface area contributed by atoms with Crippen LogP contribution in [0.25, 0.3) is 0 Å². The predicted octanol–water partition coefficient (Wildman–Crippen LogP) is 2.85. The van der Waals surface area contributed by atoms with Crippen LogP contribution in [0.1, 0.15) is 45.4 Å². The SMILES string of the molecule is CCNC(=O)Nc1cccc(NC(=O)CNC(=O)CC2CCCCC2)c1. The van der Waals surface area contributed by atoms with Crippen LogP contribution in [0.5, 0.6) is 0 Å². The molecule has 0 aliphatic heterocycles. The van der Waals surface area contributed by atoms with Gasteiger partial charge in [0.1, 0.15) is 0 Å². The van der Waals surface area contributed by atoms with Crippen molar-refractivity contribution in [1.29, 1.82) is 0 Å². The number of benzene rings is 1. The lowest BCUT2D eigenvalue weighted by molar-refractivity contribution is -0.125. The first kappa shape index (κ1) is 19.8. The number of anilines is 2. The lowest BCUT2D eigenvalue weighted by Gasteiger charge is -2.20. The van der Waals surface area contributed by atoms with Gasteiger partial charge >= 0.3 is 6.03 Å². The summed E-state index contributed by atoms with van der Waals surface area (Å²) in [6.45, 7) is 2.31. The van der Waals surface area contributed by atoms with Crippen LogP contribution >= 0.6 is 0 Å². The summed E-state index contributed by atoms with van der Waals surface area (Å²) in [7, 11) is 0. The molecule has 26 heavy (non-hydrogen) atoms. The molecule has 1 aliphatic carbocycles. The Hall–Kier alpha value is -2.57. The molecule has 0 heterocycles. The third-order valence-electron chi connectivity index (χ3n) is 4.39. The minimum absolute atomic E-state index is 0.0560. The summed E-state index contributed by atoms with van der Waals surface area (Å²) in [5.74, 6) is 0.0830. The number of amides is 4. The third kappa shape index (κ3) is 7.13. The summed E-state index contributed by atoms with van der Waals surface area (Å²) in [6, 6.07) is 6.56. The Morgan fingerprint density at radius 1 is 0.962 bits per heavy atom. The second-order valence-corrected chi connectivity index (χ2v) is 6.60. The minimum atomic E-state index is -0.300. The molecule has 0 spiro atoms. The van der Waals surface area contributed by atoms with E-state index in [1.807, 2.05) is 6.92 Å². The van der Waals surface area contributed by atoms with Gasteiger partial charge in [0.05, 0.1) is 6.54 Å². The van der Waals surface area contributed by atoms with E-state index in [1.165, 1.54) is 19.3 Å². The van der Waals surface area contributed by atoms with Crippen molar-refractivity contribution in [2.75, 3.05) is 23.7 Å². The maximum absolute atomic E-state index is 12.0. The molecule has 0 atom stereocenters. The molecule has 7 nitrogen and oxygen atoms in total. The highest BCUT2D eigenvalue weighted by Gasteiger charge is 2.17. The number of nitrogens with one attached hydrogen (secondary N) is 4. The lowest BCUT2D eigenvalue weighted by atomic mass is 9.87. The topological polar surface area (TPSA) is 99.3 Å². The van der Waals surface area contributed by atoms with E-state index in [0.29, 0.717) is 30.3 Å². The van der Waals surface area contributed by atoms with Crippen LogP contribution in [-0.2, 0) is 9.59 Å². The first-order valence-corrected chi connectivity index (χ1v) is 9.28. The summed E-state index contributed by atoms with van der Waals surface area (Å²) >= 11 is 0. The molecular formula is C19H28N4O3. The average Bonchev–Trinajstić information content (AvgIpc) is 2.61. The molecule has 7 heteroatoms. The molecule has 0 unspecified atom stereocenters. The maximum atomic E-state index is 12.0. The van der Waals surface area contributed by atoms with Crippen molar-refractivity contribution in [1.82, 2.24) is 10.6 Å². The van der Waals surface area contributed by atoms with Gasteiger partial charge in [-0.2, -0.15) is 0 Å². The van der Waals surface area contributed by atoms with Gasteiger partial charge in [-0.15, -0.1) is 0 Å². The number of rotatable bonds is 7. The highest BCUT2D eigenvalue weighted by Crippen LogP contribution is 2.26. The smallest absolute Gasteiger partial charge is 0.319 e. The molecule has 0 saturated heterocycles. The molecule has 0 bridgehead atoms. The van der Waals surface area contributed by atoms with Crippen molar-refractivity contribution < 1.29 is 14.4 Å². The van der Waals surface area contributed by atoms with Crippen LogP contribution in [0.2, 0.25) is 0 Å². The van der Waals surface area contributed by atoms with Gasteiger partial charge in [-0.25, -0.2) is 4.79 Å². The summed E-state index contributed by atoms with van der Waals surface area (Å²) in [6.07, 6.45) is 6.35. The Morgan fingerprint density at radius 2 is 1.65 bits per heavy atom. The van der Waals surface area contributed by atoms with Gasteiger partial charge in [-0.3, -0.25) is 9.59 Å². The molecule has 1 aromatic carbocycles. The molecule has 2 rings (SSSR count). The van der Waals surface area contributed by atoms with E-state index in [0.717, 1.165) is 12.8 Å². The van der Waals surface area contributed by atoms with Gasteiger partial charge in [0.15, 0.2) is 0 Å². The highest BCUT2D eigenvalue weighted by molar-refractivity contribution is 5.96. The molecule has 1 fully saturated rings. The second kappa shape index (κ2) is 10.4. The van der Waals surface area contributed by atoms with Crippen molar-refractivity contribution in [2.45, 2.75) is 45.4 Å². The highest BCUT2D eigenvalue weighted by atomic mass is 16.2. The summed E-state index contributed by atoms with van der Waals surface area (Å²) in [5.41, 5.74) is 1.14. The van der Waals surface area contributed by atoms with Crippen molar-refractivity contribution >= 4 is 29.2 Å². The van der Waals surface area contributed by atoms with Crippen LogP contribution < -0.4 is 21.3 Å². The minimum Gasteiger partial charge on any atom is -0.347 e. The quantitative estimate of drug-likeness (QED) is 0.601. The Labute approximate surface area is 154 Å². The fourth-order valence-electron chi connectivity index (χ4n) is 3.12. The van der Waals surface area contributed by atoms with E-state index >= 15 is 0 Å². The van der Waals surface area contributed by atoms with E-state index in [9.17, 15) is 14.4 Å². The molecule has 0 aromatic heterocycles. The predicted molar refractivity (Wildman–Crippen MR) is 102 cm³/mol. The maximum Gasteiger partial charge on any atom is 0.319 e. The average molecular weight is 360 g/mol. The fourth-order valence-corrected chi connectivity index (χ4v) is 3.12. The fraction of sp³-hybridized carbons (Fsp3) is 0.526. The van der Waals surface area contributed by atoms with Crippen LogP contribution in [0.4, 0.5) is 16.2 Å². The Balaban J connectivity index is 1.74. The van der Waals surface area contributed by atoms with Gasteiger partial charge in [-0.1, -0.05) is 25.3 Å². The molecule has 1 saturated carbocycles. The van der Waals surface area contributed by atoms with Gasteiger partial charge < -0.3 is 21.3 Å². The largest absolute Gasteiger partial charge is 0.347 e. The zero-order valence-electron chi connectivity index (χ0n) is 15.3. The van der Waals surface area contributed by atoms with Crippen LogP contribution in [0.15, 0.2) is 24.3 Å². The van der Waals surface area contributed by atoms with Crippen molar-refractivity contribution in [3.05, 3.63) is 24.3 Å². The van der Waals surface area contributed by atoms with Crippen LogP contribution in [-0.4, -0.2) is 30.9 Å². The number of hydrogen-bond acceptors (Lipinski definition) is 3. The van der Waals surface area contributed by atoms with Crippen molar-refractivity contribution in [3.63, 3.8) is 0 Å². The standard InChI is InChI=1S/C19H28N4O3/c1-2-20-19(26)23-16-10-6-9-15(12-16)22-18(25)13-21-17(24)11-14-7-4-3-5-8-14/h6,9-10,12,14H,2-5,7-8,11,13H2,1H3,(H,21,24)(H,22,25)(H2,20,23,26). The van der Waals surface area contributed by atoms with Crippen LogP contribution in [0.3, 0.4) is 0 Å². The Morgan fingerprint density at radius 3 is 2.35 bits per heavy atom. The Bertz CT molecular complexity index is 627. The molecule has 1 aromatic rings. The number of hydrogen-bond donors (Lipinski definition) is 4. The number of carbonyl (C=O) groups is 3. The second-order valence-electron chi connectivity index (χ2n) is 6.60. The first-order valence-electron chi connectivity index (χ1n) is 9.28. The van der Waals surface area contributed by atoms with E-state index in [4.69, 9.17) is 0 Å². The molecule has 4 N–H and O–H groups in total. The first-order chi connectivity index (χ1) is 12.6. The van der Waals surface area contributed by atoms with E-state index in [2.05, 4.69) is 21.3 Å². The van der Waals surface area contributed by atoms with Gasteiger partial charge in [-0.05, 0) is 43.9 Å². The van der Waals surface area contributed by atoms with E-state index in [-0.39, 0.29) is 24.4 Å². The zero-order valence-corrected chi connectivity index (χ0v) is 15.3. The molecular weight excluding hydrogens is 332 g/mol. The monoisotopic (exact) mass is 360 g/mol. The summed E-state index contributed by atoms with van der Waals surface area (Å²) in [4.78, 5) is 35.5. The number of carbonyl (C=O) groups excluding carboxylic acids is 3. The van der Waals surface area contributed by atoms with Gasteiger partial charge in [0.2, 0.25) is 11.8 Å². The van der Waals surface area contributed by atoms with E-state index in [1.54, 1.807) is 24.3 Å². The van der Waals surface area contributed by atoms with Gasteiger partial charge in [0.25, 0.3) is 0 Å². The number of urea groups is 1. The molecule has 4 amide bonds. The molecule has 0 radical (unpaired) electrons. The van der Waals surface area contributed by atoms with Gasteiger partial charge in [0, 0.05) is 24.3 Å². The van der Waals surface area contributed by atoms with E-state index < -0.39 is 0 Å². The Kier molecular flexibility index (Phi) is 7.92. The van der Waals surface area contributed by atoms with Crippen molar-refractivity contribution in [3.8, 4) is 0 Å². The summed E-state index contributed by atoms with van der Waals surface area (Å²) < 4.78 is 0.